The first-order chi connectivity index (χ1) is 15.7. The van der Waals surface area contributed by atoms with Gasteiger partial charge in [0.25, 0.3) is 5.91 Å². The SMILES string of the molecule is CCNC(=O)c1cccc(CNC(=NC)N2CC3OCCN(Cc4ccccc4)C3C2)c1. The molecule has 0 radical (unpaired) electrons. The minimum absolute atomic E-state index is 0.0435. The summed E-state index contributed by atoms with van der Waals surface area (Å²) in [5, 5.41) is 6.32. The third-order valence-corrected chi connectivity index (χ3v) is 6.13. The molecule has 2 aliphatic heterocycles. The average molecular weight is 436 g/mol. The first-order valence-electron chi connectivity index (χ1n) is 11.4. The number of likely N-dealkylation sites (tertiary alicyclic amines) is 1. The molecule has 170 valence electrons. The molecule has 2 fully saturated rings. The number of benzene rings is 2. The zero-order valence-corrected chi connectivity index (χ0v) is 19.0. The largest absolute Gasteiger partial charge is 0.373 e. The molecular weight excluding hydrogens is 402 g/mol. The van der Waals surface area contributed by atoms with Gasteiger partial charge >= 0.3 is 0 Å². The van der Waals surface area contributed by atoms with Gasteiger partial charge in [-0.3, -0.25) is 14.7 Å². The molecule has 2 aliphatic rings. The van der Waals surface area contributed by atoms with E-state index in [1.807, 2.05) is 38.2 Å². The molecule has 2 heterocycles. The standard InChI is InChI=1S/C25H33N5O2/c1-3-27-24(31)21-11-7-10-20(14-21)15-28-25(26-2)30-17-22-23(18-30)32-13-12-29(22)16-19-8-5-4-6-9-19/h4-11,14,22-23H,3,12-13,15-18H2,1-2H3,(H,26,28)(H,27,31). The van der Waals surface area contributed by atoms with Crippen LogP contribution in [0.4, 0.5) is 0 Å². The van der Waals surface area contributed by atoms with Gasteiger partial charge in [-0.25, -0.2) is 0 Å². The Morgan fingerprint density at radius 3 is 2.69 bits per heavy atom. The number of aliphatic imine (C=N–C) groups is 1. The fraction of sp³-hybridized carbons (Fsp3) is 0.440. The van der Waals surface area contributed by atoms with E-state index in [4.69, 9.17) is 4.74 Å². The minimum atomic E-state index is -0.0435. The number of carbonyl (C=O) groups is 1. The van der Waals surface area contributed by atoms with Gasteiger partial charge in [0.2, 0.25) is 0 Å². The van der Waals surface area contributed by atoms with Crippen LogP contribution in [0.1, 0.15) is 28.4 Å². The van der Waals surface area contributed by atoms with Gasteiger partial charge in [-0.1, -0.05) is 42.5 Å². The normalized spacial score (nSPS) is 21.3. The number of guanidine groups is 1. The van der Waals surface area contributed by atoms with Crippen molar-refractivity contribution in [3.63, 3.8) is 0 Å². The van der Waals surface area contributed by atoms with Crippen LogP contribution in [0.3, 0.4) is 0 Å². The van der Waals surface area contributed by atoms with Crippen molar-refractivity contribution in [2.75, 3.05) is 39.8 Å². The van der Waals surface area contributed by atoms with E-state index in [0.29, 0.717) is 24.7 Å². The number of ether oxygens (including phenoxy) is 1. The van der Waals surface area contributed by atoms with Crippen LogP contribution in [-0.4, -0.2) is 73.6 Å². The van der Waals surface area contributed by atoms with Gasteiger partial charge in [0.15, 0.2) is 5.96 Å². The van der Waals surface area contributed by atoms with Crippen molar-refractivity contribution in [1.29, 1.82) is 0 Å². The van der Waals surface area contributed by atoms with E-state index < -0.39 is 0 Å². The van der Waals surface area contributed by atoms with Gasteiger partial charge in [0.1, 0.15) is 0 Å². The number of nitrogens with one attached hydrogen (secondary N) is 2. The van der Waals surface area contributed by atoms with Crippen LogP contribution in [0.25, 0.3) is 0 Å². The molecule has 32 heavy (non-hydrogen) atoms. The van der Waals surface area contributed by atoms with Crippen LogP contribution in [0.2, 0.25) is 0 Å². The Balaban J connectivity index is 1.37. The van der Waals surface area contributed by atoms with Gasteiger partial charge in [-0.2, -0.15) is 0 Å². The van der Waals surface area contributed by atoms with Crippen molar-refractivity contribution in [3.05, 3.63) is 71.3 Å². The molecule has 2 saturated heterocycles. The molecular formula is C25H33N5O2. The monoisotopic (exact) mass is 435 g/mol. The Bertz CT molecular complexity index is 933. The lowest BCUT2D eigenvalue weighted by Gasteiger charge is -2.36. The first-order valence-corrected chi connectivity index (χ1v) is 11.4. The molecule has 2 N–H and O–H groups in total. The lowest BCUT2D eigenvalue weighted by molar-refractivity contribution is -0.0502. The zero-order chi connectivity index (χ0) is 22.3. The summed E-state index contributed by atoms with van der Waals surface area (Å²) in [4.78, 5) is 21.5. The van der Waals surface area contributed by atoms with Crippen molar-refractivity contribution in [1.82, 2.24) is 20.4 Å². The van der Waals surface area contributed by atoms with E-state index in [-0.39, 0.29) is 12.0 Å². The van der Waals surface area contributed by atoms with Crippen molar-refractivity contribution in [2.24, 2.45) is 4.99 Å². The third-order valence-electron chi connectivity index (χ3n) is 6.13. The maximum absolute atomic E-state index is 12.1. The number of hydrogen-bond acceptors (Lipinski definition) is 4. The lowest BCUT2D eigenvalue weighted by Crippen LogP contribution is -2.50. The quantitative estimate of drug-likeness (QED) is 0.537. The highest BCUT2D eigenvalue weighted by atomic mass is 16.5. The van der Waals surface area contributed by atoms with Crippen molar-refractivity contribution < 1.29 is 9.53 Å². The second-order valence-electron chi connectivity index (χ2n) is 8.30. The number of hydrogen-bond donors (Lipinski definition) is 2. The topological polar surface area (TPSA) is 69.2 Å². The Morgan fingerprint density at radius 2 is 1.91 bits per heavy atom. The molecule has 7 nitrogen and oxygen atoms in total. The maximum Gasteiger partial charge on any atom is 0.251 e. The minimum Gasteiger partial charge on any atom is -0.373 e. The number of morpholine rings is 1. The molecule has 4 rings (SSSR count). The van der Waals surface area contributed by atoms with E-state index in [0.717, 1.165) is 44.3 Å². The predicted octanol–water partition coefficient (Wildman–Crippen LogP) is 2.10. The summed E-state index contributed by atoms with van der Waals surface area (Å²) in [6.07, 6.45) is 0.187. The van der Waals surface area contributed by atoms with Crippen LogP contribution >= 0.6 is 0 Å². The predicted molar refractivity (Wildman–Crippen MR) is 127 cm³/mol. The summed E-state index contributed by atoms with van der Waals surface area (Å²) in [5.74, 6) is 0.823. The highest BCUT2D eigenvalue weighted by Gasteiger charge is 2.41. The number of carbonyl (C=O) groups excluding carboxylic acids is 1. The van der Waals surface area contributed by atoms with Gasteiger partial charge < -0.3 is 20.3 Å². The molecule has 7 heteroatoms. The Hall–Kier alpha value is -2.90. The van der Waals surface area contributed by atoms with Crippen LogP contribution in [0, 0.1) is 0 Å². The van der Waals surface area contributed by atoms with E-state index in [9.17, 15) is 4.79 Å². The molecule has 0 aromatic heterocycles. The second-order valence-corrected chi connectivity index (χ2v) is 8.30. The summed E-state index contributed by atoms with van der Waals surface area (Å²) in [5.41, 5.74) is 3.06. The summed E-state index contributed by atoms with van der Waals surface area (Å²) in [6, 6.07) is 18.7. The lowest BCUT2D eigenvalue weighted by atomic mass is 10.1. The molecule has 0 aliphatic carbocycles. The molecule has 2 aromatic rings. The Kier molecular flexibility index (Phi) is 7.39. The summed E-state index contributed by atoms with van der Waals surface area (Å²) in [7, 11) is 1.82. The number of fused-ring (bicyclic) bond motifs is 1. The molecule has 2 unspecified atom stereocenters. The molecule has 0 spiro atoms. The van der Waals surface area contributed by atoms with Crippen molar-refractivity contribution in [3.8, 4) is 0 Å². The number of amides is 1. The van der Waals surface area contributed by atoms with Gasteiger partial charge in [-0.05, 0) is 30.2 Å². The van der Waals surface area contributed by atoms with E-state index >= 15 is 0 Å². The summed E-state index contributed by atoms with van der Waals surface area (Å²) < 4.78 is 6.11. The Morgan fingerprint density at radius 1 is 1.09 bits per heavy atom. The van der Waals surface area contributed by atoms with Crippen molar-refractivity contribution in [2.45, 2.75) is 32.2 Å². The zero-order valence-electron chi connectivity index (χ0n) is 19.0. The molecule has 0 saturated carbocycles. The molecule has 0 bridgehead atoms. The number of nitrogens with zero attached hydrogens (tertiary/aromatic N) is 3. The fourth-order valence-corrected chi connectivity index (χ4v) is 4.54. The van der Waals surface area contributed by atoms with Crippen LogP contribution in [0.15, 0.2) is 59.6 Å². The van der Waals surface area contributed by atoms with E-state index in [1.54, 1.807) is 0 Å². The maximum atomic E-state index is 12.1. The first kappa shape index (κ1) is 22.3. The summed E-state index contributed by atoms with van der Waals surface area (Å²) in [6.45, 7) is 7.52. The fourth-order valence-electron chi connectivity index (χ4n) is 4.54. The molecule has 2 atom stereocenters. The van der Waals surface area contributed by atoms with Gasteiger partial charge in [0, 0.05) is 51.9 Å². The van der Waals surface area contributed by atoms with Crippen LogP contribution in [0.5, 0.6) is 0 Å². The van der Waals surface area contributed by atoms with Crippen LogP contribution < -0.4 is 10.6 Å². The molecule has 1 amide bonds. The van der Waals surface area contributed by atoms with E-state index in [2.05, 4.69) is 55.8 Å². The smallest absolute Gasteiger partial charge is 0.251 e. The highest BCUT2D eigenvalue weighted by Crippen LogP contribution is 2.24. The Labute approximate surface area is 190 Å². The highest BCUT2D eigenvalue weighted by molar-refractivity contribution is 5.94. The molecule has 2 aromatic carbocycles. The average Bonchev–Trinajstić information content (AvgIpc) is 3.26. The van der Waals surface area contributed by atoms with Gasteiger partial charge in [0.05, 0.1) is 18.8 Å². The van der Waals surface area contributed by atoms with Crippen molar-refractivity contribution >= 4 is 11.9 Å². The number of rotatable bonds is 6. The third kappa shape index (κ3) is 5.29. The second kappa shape index (κ2) is 10.6. The van der Waals surface area contributed by atoms with Crippen LogP contribution in [-0.2, 0) is 17.8 Å². The van der Waals surface area contributed by atoms with Gasteiger partial charge in [-0.15, -0.1) is 0 Å². The van der Waals surface area contributed by atoms with E-state index in [1.165, 1.54) is 5.56 Å². The summed E-state index contributed by atoms with van der Waals surface area (Å²) >= 11 is 0.